The van der Waals surface area contributed by atoms with E-state index in [0.29, 0.717) is 66.7 Å². The van der Waals surface area contributed by atoms with Crippen molar-refractivity contribution in [1.29, 1.82) is 0 Å². The van der Waals surface area contributed by atoms with Crippen molar-refractivity contribution < 1.29 is 80.7 Å². The predicted octanol–water partition coefficient (Wildman–Crippen LogP) is 17.6. The Hall–Kier alpha value is -12.8. The number of ether oxygens (including phenoxy) is 5. The molecule has 7 N–H and O–H groups in total. The molecule has 0 unspecified atom stereocenters. The van der Waals surface area contributed by atoms with Gasteiger partial charge in [-0.3, -0.25) is 29.3 Å². The zero-order chi connectivity index (χ0) is 90.2. The summed E-state index contributed by atoms with van der Waals surface area (Å²) in [6, 6.07) is 30.7. The summed E-state index contributed by atoms with van der Waals surface area (Å²) in [4.78, 5) is 145. The molecule has 31 heteroatoms. The quantitative estimate of drug-likeness (QED) is 0.0392. The molecular weight excluding hydrogens is 1630 g/mol. The molecule has 8 atom stereocenters. The number of aliphatic carboxylic acids is 1. The number of likely N-dealkylation sites (tertiary alicyclic amines) is 4. The number of carbonyl (C=O) groups excluding carboxylic acids is 8. The van der Waals surface area contributed by atoms with Gasteiger partial charge >= 0.3 is 36.4 Å². The van der Waals surface area contributed by atoms with E-state index in [2.05, 4.69) is 36.0 Å². The van der Waals surface area contributed by atoms with Crippen LogP contribution in [0.1, 0.15) is 170 Å². The van der Waals surface area contributed by atoms with Gasteiger partial charge in [0.25, 0.3) is 0 Å². The molecular formula is C96H114F2N14O15. The average Bonchev–Trinajstić information content (AvgIpc) is 1.67. The summed E-state index contributed by atoms with van der Waals surface area (Å²) in [5.41, 5.74) is 10.4. The summed E-state index contributed by atoms with van der Waals surface area (Å²) in [6.07, 6.45) is 4.45. The van der Waals surface area contributed by atoms with Gasteiger partial charge in [-0.2, -0.15) is 0 Å². The molecule has 0 aliphatic carbocycles. The third kappa shape index (κ3) is 18.9. The van der Waals surface area contributed by atoms with Crippen molar-refractivity contribution in [3.05, 3.63) is 144 Å². The Balaban J connectivity index is 0.000000191. The highest BCUT2D eigenvalue weighted by molar-refractivity contribution is 6.11. The standard InChI is InChI=1S/C45H50FN7O6.C43H47FN6O5.C7H13NO4.CH4/c1-23(2)38(50-44(56)58-5)42(54)52-19-7-9-35(52)34-22-31-29-15-14-27(37(46)30(29)16-18-32(31)47-34)25-11-13-28-26(21-25)12-17-33-40(28)49-41(48-33)36-10-8-20-53(36)43(55)39(24(3)4)51-45(57)59-6;1-23(2)37(48-41(52)54-6)40(51)49-19-7-9-34(49)33-22-30-28-15-14-26(36(44)29(28)16-18-31(30)45-33)24-11-13-27-25(21-24)12-17-32-38(27)47-39(46-32)35-10-8-20-50(35)42(53)55-43(3,4)5;1-4(2)5(6(9)10)8-7(11)12-3;/h11-18,21,23-24,35-36,38-39H,7-10,19-20,22H2,1-6H3,(H,48,49)(H,50,56)(H,51,57);11-18,21,23,34-35,37H,7-10,19-20,22H2,1-6H3,(H,46,47)(H,48,52);4-5H,1-3H3,(H,8,11)(H,9,10);1H4/t35-,36-,38-,39-;34-,35-,37-;5-;/m000./s1. The van der Waals surface area contributed by atoms with E-state index in [0.717, 1.165) is 157 Å². The number of carbonyl (C=O) groups is 9. The lowest BCUT2D eigenvalue weighted by Gasteiger charge is -2.30. The Kier molecular flexibility index (Phi) is 27.6. The molecule has 0 bridgehead atoms. The Bertz CT molecular complexity index is 6010. The van der Waals surface area contributed by atoms with Gasteiger partial charge in [0.15, 0.2) is 0 Å². The van der Waals surface area contributed by atoms with E-state index < -0.39 is 60.1 Å². The van der Waals surface area contributed by atoms with Crippen LogP contribution in [0.2, 0.25) is 0 Å². The van der Waals surface area contributed by atoms with Crippen molar-refractivity contribution in [2.24, 2.45) is 33.7 Å². The fourth-order valence-electron chi connectivity index (χ4n) is 18.3. The minimum Gasteiger partial charge on any atom is -0.480 e. The van der Waals surface area contributed by atoms with E-state index in [1.165, 1.54) is 28.4 Å². The van der Waals surface area contributed by atoms with Gasteiger partial charge in [0, 0.05) is 83.1 Å². The molecule has 2 aromatic heterocycles. The van der Waals surface area contributed by atoms with E-state index in [4.69, 9.17) is 44.0 Å². The van der Waals surface area contributed by atoms with E-state index in [9.17, 15) is 43.2 Å². The third-order valence-corrected chi connectivity index (χ3v) is 24.7. The number of aromatic amines is 2. The molecule has 16 rings (SSSR count). The number of aliphatic imine (C=N–C) groups is 2. The molecule has 4 saturated heterocycles. The van der Waals surface area contributed by atoms with Crippen LogP contribution in [0.15, 0.2) is 119 Å². The summed E-state index contributed by atoms with van der Waals surface area (Å²) in [5.74, 6) is -1.30. The zero-order valence-electron chi connectivity index (χ0n) is 73.7. The van der Waals surface area contributed by atoms with Crippen LogP contribution in [0.3, 0.4) is 0 Å². The third-order valence-electron chi connectivity index (χ3n) is 24.7. The van der Waals surface area contributed by atoms with E-state index in [-0.39, 0.29) is 90.7 Å². The first kappa shape index (κ1) is 91.9. The number of methoxy groups -OCH3 is 4. The van der Waals surface area contributed by atoms with Gasteiger partial charge in [-0.15, -0.1) is 0 Å². The lowest BCUT2D eigenvalue weighted by molar-refractivity contribution is -0.140. The monoisotopic (exact) mass is 1740 g/mol. The highest BCUT2D eigenvalue weighted by Gasteiger charge is 2.44. The summed E-state index contributed by atoms with van der Waals surface area (Å²) in [7, 11) is 5.03. The predicted molar refractivity (Wildman–Crippen MR) is 484 cm³/mol. The Morgan fingerprint density at radius 1 is 0.433 bits per heavy atom. The smallest absolute Gasteiger partial charge is 0.410 e. The molecule has 10 aromatic rings. The Morgan fingerprint density at radius 2 is 0.764 bits per heavy atom. The number of benzene rings is 8. The fraction of sp³-hybridized carbons (Fsp3) is 0.448. The molecule has 0 spiro atoms. The second kappa shape index (κ2) is 38.2. The molecule has 127 heavy (non-hydrogen) atoms. The van der Waals surface area contributed by atoms with Crippen molar-refractivity contribution in [1.82, 2.24) is 60.8 Å². The number of hydrogen-bond acceptors (Lipinski definition) is 18. The van der Waals surface area contributed by atoms with Gasteiger partial charge in [0.2, 0.25) is 17.7 Å². The van der Waals surface area contributed by atoms with Crippen molar-refractivity contribution in [2.45, 2.75) is 202 Å². The van der Waals surface area contributed by atoms with Crippen molar-refractivity contribution >= 4 is 142 Å². The van der Waals surface area contributed by atoms with E-state index >= 15 is 8.78 Å². The van der Waals surface area contributed by atoms with Crippen LogP contribution in [0.25, 0.3) is 87.4 Å². The molecule has 0 radical (unpaired) electrons. The minimum absolute atomic E-state index is 0. The topological polar surface area (TPSA) is 363 Å². The number of alkyl carbamates (subject to hydrolysis) is 4. The normalized spacial score (nSPS) is 18.1. The highest BCUT2D eigenvalue weighted by Crippen LogP contribution is 2.45. The van der Waals surface area contributed by atoms with Crippen molar-refractivity contribution in [3.8, 4) is 22.3 Å². The molecule has 6 aliphatic rings. The maximum Gasteiger partial charge on any atom is 0.410 e. The first-order valence-corrected chi connectivity index (χ1v) is 43.2. The summed E-state index contributed by atoms with van der Waals surface area (Å²) < 4.78 is 57.4. The average molecular weight is 1740 g/mol. The molecule has 6 aliphatic heterocycles. The number of aromatic nitrogens is 4. The number of hydrogen-bond donors (Lipinski definition) is 7. The Morgan fingerprint density at radius 3 is 1.12 bits per heavy atom. The second-order valence-corrected chi connectivity index (χ2v) is 35.4. The van der Waals surface area contributed by atoms with Gasteiger partial charge in [-0.1, -0.05) is 123 Å². The van der Waals surface area contributed by atoms with Crippen LogP contribution >= 0.6 is 0 Å². The first-order valence-electron chi connectivity index (χ1n) is 43.2. The summed E-state index contributed by atoms with van der Waals surface area (Å²) in [6.45, 7) is 22.7. The molecule has 4 fully saturated rings. The van der Waals surface area contributed by atoms with E-state index in [1.54, 1.807) is 35.8 Å². The molecule has 29 nitrogen and oxygen atoms in total. The molecule has 0 saturated carbocycles. The maximum absolute atomic E-state index is 16.6. The number of amides is 8. The van der Waals surface area contributed by atoms with Gasteiger partial charge in [0.05, 0.1) is 86.0 Å². The van der Waals surface area contributed by atoms with Crippen LogP contribution in [-0.4, -0.2) is 207 Å². The van der Waals surface area contributed by atoms with Crippen LogP contribution in [0.4, 0.5) is 44.1 Å². The first-order chi connectivity index (χ1) is 60.2. The number of carboxylic acid groups (broad SMARTS) is 1. The van der Waals surface area contributed by atoms with Crippen LogP contribution < -0.4 is 21.3 Å². The molecule has 672 valence electrons. The summed E-state index contributed by atoms with van der Waals surface area (Å²) in [5, 5.41) is 25.2. The van der Waals surface area contributed by atoms with Crippen molar-refractivity contribution in [2.75, 3.05) is 54.6 Å². The molecule has 8 amide bonds. The lowest BCUT2D eigenvalue weighted by Crippen LogP contribution is -2.53. The zero-order valence-corrected chi connectivity index (χ0v) is 73.7. The lowest BCUT2D eigenvalue weighted by atomic mass is 9.93. The maximum atomic E-state index is 16.6. The fourth-order valence-corrected chi connectivity index (χ4v) is 18.3. The number of rotatable bonds is 18. The van der Waals surface area contributed by atoms with Gasteiger partial charge in [-0.25, -0.2) is 47.5 Å². The number of halogens is 2. The SMILES string of the molecule is C.COC(=O)N[C@H](C(=O)N1CCC[C@H]1C1=Nc2ccc3c(F)c(-c4ccc5c(ccc6[nH]c([C@@H]7CCCN7C(=O)OC(C)(C)C)nc65)c4)ccc3c2C1)C(C)C.COC(=O)N[C@H](C(=O)N1CCC[C@H]1C1=Nc2ccc3c(F)c(-c4ccc5c(ccc6[nH]c([C@@H]7CCCN7C(=O)[C@@H](NC(=O)OC)C(C)C)nc65)c4)ccc3c2C1)C(C)C.COC(=O)N[C@H](C(=O)O)C(C)C. The molecule has 8 aromatic carbocycles. The summed E-state index contributed by atoms with van der Waals surface area (Å²) >= 11 is 0. The Labute approximate surface area is 735 Å². The molecule has 8 heterocycles. The number of imidazole rings is 2. The van der Waals surface area contributed by atoms with Crippen LogP contribution in [0, 0.1) is 35.3 Å². The number of H-pyrrole nitrogens is 2. The number of carboxylic acids is 1. The second-order valence-electron chi connectivity index (χ2n) is 35.4. The number of nitrogens with one attached hydrogen (secondary N) is 6. The number of fused-ring (bicyclic) bond motifs is 12. The van der Waals surface area contributed by atoms with Gasteiger partial charge < -0.3 is 74.7 Å². The number of nitrogens with zero attached hydrogens (tertiary/aromatic N) is 8. The largest absolute Gasteiger partial charge is 0.480 e. The van der Waals surface area contributed by atoms with Crippen LogP contribution in [-0.2, 0) is 55.7 Å². The van der Waals surface area contributed by atoms with E-state index in [1.807, 2.05) is 169 Å². The van der Waals surface area contributed by atoms with Crippen LogP contribution in [0.5, 0.6) is 0 Å². The van der Waals surface area contributed by atoms with Gasteiger partial charge in [0.1, 0.15) is 53.1 Å². The van der Waals surface area contributed by atoms with Gasteiger partial charge in [-0.05, 0) is 188 Å². The van der Waals surface area contributed by atoms with Crippen molar-refractivity contribution in [3.63, 3.8) is 0 Å². The minimum atomic E-state index is -1.06. The highest BCUT2D eigenvalue weighted by atomic mass is 19.1.